The quantitative estimate of drug-likeness (QED) is 0.173. The van der Waals surface area contributed by atoms with Crippen molar-refractivity contribution in [3.8, 4) is 0 Å². The van der Waals surface area contributed by atoms with Crippen molar-refractivity contribution in [1.82, 2.24) is 14.9 Å². The molecule has 6 nitrogen and oxygen atoms in total. The van der Waals surface area contributed by atoms with E-state index in [1.54, 1.807) is 34.9 Å². The molecule has 0 bridgehead atoms. The molecule has 1 N–H and O–H groups in total. The minimum Gasteiger partial charge on any atom is -0.352 e. The van der Waals surface area contributed by atoms with E-state index in [0.717, 1.165) is 16.5 Å². The number of benzene rings is 3. The highest BCUT2D eigenvalue weighted by Crippen LogP contribution is 2.22. The number of Topliss-reactive ketones (excluding diaryl/α,β-unsaturated/α-hetero) is 1. The van der Waals surface area contributed by atoms with Gasteiger partial charge in [0.05, 0.1) is 23.2 Å². The lowest BCUT2D eigenvalue weighted by Gasteiger charge is -2.14. The summed E-state index contributed by atoms with van der Waals surface area (Å²) in [7, 11) is 0. The molecule has 0 atom stereocenters. The van der Waals surface area contributed by atoms with E-state index in [1.807, 2.05) is 49.4 Å². The first-order valence-corrected chi connectivity index (χ1v) is 13.0. The van der Waals surface area contributed by atoms with Crippen molar-refractivity contribution in [1.29, 1.82) is 0 Å². The standard InChI is InChI=1S/C27H24BrN3O3S/c1-2-14-29-25(33)20-10-13-22-23(15-20)30-27(31(26(22)34)16-18-6-4-3-5-7-18)35-17-24(32)19-8-11-21(28)12-9-19/h3-13,15H,2,14,16-17H2,1H3,(H,29,33). The maximum atomic E-state index is 13.5. The van der Waals surface area contributed by atoms with Crippen molar-refractivity contribution >= 4 is 50.3 Å². The molecule has 1 amide bonds. The van der Waals surface area contributed by atoms with Crippen LogP contribution in [0.15, 0.2) is 87.2 Å². The number of nitrogens with one attached hydrogen (secondary N) is 1. The van der Waals surface area contributed by atoms with Gasteiger partial charge in [0, 0.05) is 22.1 Å². The summed E-state index contributed by atoms with van der Waals surface area (Å²) in [5.41, 5.74) is 2.21. The van der Waals surface area contributed by atoms with Crippen LogP contribution in [0.4, 0.5) is 0 Å². The smallest absolute Gasteiger partial charge is 0.262 e. The number of hydrogen-bond donors (Lipinski definition) is 1. The Kier molecular flexibility index (Phi) is 8.15. The number of halogens is 1. The minimum atomic E-state index is -0.210. The molecule has 35 heavy (non-hydrogen) atoms. The van der Waals surface area contributed by atoms with E-state index in [9.17, 15) is 14.4 Å². The van der Waals surface area contributed by atoms with Gasteiger partial charge in [0.2, 0.25) is 0 Å². The predicted molar refractivity (Wildman–Crippen MR) is 143 cm³/mol. The Morgan fingerprint density at radius 3 is 2.43 bits per heavy atom. The molecule has 178 valence electrons. The number of carbonyl (C=O) groups excluding carboxylic acids is 2. The van der Waals surface area contributed by atoms with E-state index in [1.165, 1.54) is 11.8 Å². The third-order valence-corrected chi connectivity index (χ3v) is 6.91. The zero-order valence-corrected chi connectivity index (χ0v) is 21.6. The molecule has 0 unspecified atom stereocenters. The molecule has 0 aliphatic heterocycles. The number of rotatable bonds is 9. The predicted octanol–water partition coefficient (Wildman–Crippen LogP) is 5.32. The Morgan fingerprint density at radius 1 is 1.00 bits per heavy atom. The van der Waals surface area contributed by atoms with Gasteiger partial charge in [-0.1, -0.05) is 77.1 Å². The van der Waals surface area contributed by atoms with E-state index in [0.29, 0.717) is 40.3 Å². The van der Waals surface area contributed by atoms with Crippen LogP contribution in [0, 0.1) is 0 Å². The van der Waals surface area contributed by atoms with Crippen LogP contribution in [0.1, 0.15) is 39.6 Å². The van der Waals surface area contributed by atoms with E-state index in [4.69, 9.17) is 4.98 Å². The van der Waals surface area contributed by atoms with Gasteiger partial charge in [0.25, 0.3) is 11.5 Å². The Balaban J connectivity index is 1.71. The van der Waals surface area contributed by atoms with Crippen molar-refractivity contribution in [3.63, 3.8) is 0 Å². The van der Waals surface area contributed by atoms with Crippen molar-refractivity contribution in [2.45, 2.75) is 25.0 Å². The highest BCUT2D eigenvalue weighted by Gasteiger charge is 2.16. The Labute approximate surface area is 215 Å². The first-order chi connectivity index (χ1) is 17.0. The average molecular weight is 550 g/mol. The molecule has 1 heterocycles. The molecule has 0 saturated carbocycles. The maximum Gasteiger partial charge on any atom is 0.262 e. The van der Waals surface area contributed by atoms with Gasteiger partial charge >= 0.3 is 0 Å². The van der Waals surface area contributed by atoms with Gasteiger partial charge in [-0.2, -0.15) is 0 Å². The first-order valence-electron chi connectivity index (χ1n) is 11.2. The first kappa shape index (κ1) is 24.9. The van der Waals surface area contributed by atoms with Gasteiger partial charge in [-0.05, 0) is 42.3 Å². The van der Waals surface area contributed by atoms with Gasteiger partial charge in [0.1, 0.15) is 0 Å². The summed E-state index contributed by atoms with van der Waals surface area (Å²) in [5.74, 6) is -0.134. The minimum absolute atomic E-state index is 0.0594. The molecule has 0 fully saturated rings. The van der Waals surface area contributed by atoms with Crippen LogP contribution in [0.3, 0.4) is 0 Å². The number of fused-ring (bicyclic) bond motifs is 1. The van der Waals surface area contributed by atoms with Crippen molar-refractivity contribution in [2.75, 3.05) is 12.3 Å². The lowest BCUT2D eigenvalue weighted by atomic mass is 10.1. The second-order valence-electron chi connectivity index (χ2n) is 7.98. The monoisotopic (exact) mass is 549 g/mol. The highest BCUT2D eigenvalue weighted by atomic mass is 79.9. The van der Waals surface area contributed by atoms with Gasteiger partial charge in [-0.15, -0.1) is 0 Å². The molecule has 0 radical (unpaired) electrons. The summed E-state index contributed by atoms with van der Waals surface area (Å²) < 4.78 is 2.49. The summed E-state index contributed by atoms with van der Waals surface area (Å²) in [5, 5.41) is 3.71. The lowest BCUT2D eigenvalue weighted by molar-refractivity contribution is 0.0953. The van der Waals surface area contributed by atoms with E-state index >= 15 is 0 Å². The van der Waals surface area contributed by atoms with Crippen LogP contribution in [0.5, 0.6) is 0 Å². The molecule has 0 aliphatic carbocycles. The molecular formula is C27H24BrN3O3S. The van der Waals surface area contributed by atoms with Gasteiger partial charge in [-0.3, -0.25) is 19.0 Å². The normalized spacial score (nSPS) is 10.9. The summed E-state index contributed by atoms with van der Waals surface area (Å²) in [4.78, 5) is 43.4. The van der Waals surface area contributed by atoms with E-state index in [-0.39, 0.29) is 23.0 Å². The number of hydrogen-bond acceptors (Lipinski definition) is 5. The Hall–Kier alpha value is -3.23. The fraction of sp³-hybridized carbons (Fsp3) is 0.185. The molecule has 1 aromatic heterocycles. The molecule has 8 heteroatoms. The summed E-state index contributed by atoms with van der Waals surface area (Å²) >= 11 is 4.60. The average Bonchev–Trinajstić information content (AvgIpc) is 2.88. The molecular weight excluding hydrogens is 526 g/mol. The fourth-order valence-electron chi connectivity index (χ4n) is 3.55. The number of nitrogens with zero attached hydrogens (tertiary/aromatic N) is 2. The number of ketones is 1. The number of amides is 1. The molecule has 3 aromatic carbocycles. The SMILES string of the molecule is CCCNC(=O)c1ccc2c(=O)n(Cc3ccccc3)c(SCC(=O)c3ccc(Br)cc3)nc2c1. The van der Waals surface area contributed by atoms with Crippen molar-refractivity contribution < 1.29 is 9.59 Å². The summed E-state index contributed by atoms with van der Waals surface area (Å²) in [6.45, 7) is 2.88. The lowest BCUT2D eigenvalue weighted by Crippen LogP contribution is -2.26. The zero-order valence-electron chi connectivity index (χ0n) is 19.2. The number of carbonyl (C=O) groups is 2. The third kappa shape index (κ3) is 6.07. The van der Waals surface area contributed by atoms with Crippen LogP contribution >= 0.6 is 27.7 Å². The van der Waals surface area contributed by atoms with Crippen molar-refractivity contribution in [3.05, 3.63) is 104 Å². The third-order valence-electron chi connectivity index (χ3n) is 5.40. The van der Waals surface area contributed by atoms with Gasteiger partial charge in [-0.25, -0.2) is 4.98 Å². The van der Waals surface area contributed by atoms with E-state index in [2.05, 4.69) is 21.2 Å². The van der Waals surface area contributed by atoms with Crippen LogP contribution in [-0.2, 0) is 6.54 Å². The number of thioether (sulfide) groups is 1. The van der Waals surface area contributed by atoms with Gasteiger partial charge < -0.3 is 5.32 Å². The fourth-order valence-corrected chi connectivity index (χ4v) is 4.70. The maximum absolute atomic E-state index is 13.5. The van der Waals surface area contributed by atoms with Crippen LogP contribution in [0.25, 0.3) is 10.9 Å². The Bertz CT molecular complexity index is 1420. The van der Waals surface area contributed by atoms with Gasteiger partial charge in [0.15, 0.2) is 10.9 Å². The topological polar surface area (TPSA) is 81.1 Å². The van der Waals surface area contributed by atoms with Crippen LogP contribution in [-0.4, -0.2) is 33.5 Å². The second kappa shape index (κ2) is 11.5. The molecule has 0 aliphatic rings. The highest BCUT2D eigenvalue weighted by molar-refractivity contribution is 9.10. The largest absolute Gasteiger partial charge is 0.352 e. The van der Waals surface area contributed by atoms with Crippen LogP contribution < -0.4 is 10.9 Å². The Morgan fingerprint density at radius 2 is 1.71 bits per heavy atom. The zero-order chi connectivity index (χ0) is 24.8. The van der Waals surface area contributed by atoms with E-state index < -0.39 is 0 Å². The summed E-state index contributed by atoms with van der Waals surface area (Å²) in [6.07, 6.45) is 0.828. The van der Waals surface area contributed by atoms with Crippen LogP contribution in [0.2, 0.25) is 0 Å². The molecule has 0 spiro atoms. The number of aromatic nitrogens is 2. The second-order valence-corrected chi connectivity index (χ2v) is 9.84. The molecule has 0 saturated heterocycles. The molecule has 4 aromatic rings. The molecule has 4 rings (SSSR count). The summed E-state index contributed by atoms with van der Waals surface area (Å²) in [6, 6.07) is 21.7. The van der Waals surface area contributed by atoms with Crippen molar-refractivity contribution in [2.24, 2.45) is 0 Å².